The van der Waals surface area contributed by atoms with Crippen LogP contribution in [0.2, 0.25) is 0 Å². The molecule has 0 aromatic carbocycles. The molecule has 2 aliphatic heterocycles. The van der Waals surface area contributed by atoms with Crippen molar-refractivity contribution in [3.05, 3.63) is 0 Å². The van der Waals surface area contributed by atoms with Gasteiger partial charge < -0.3 is 10.5 Å². The molecular weight excluding hydrogens is 188 g/mol. The van der Waals surface area contributed by atoms with E-state index in [0.717, 1.165) is 12.5 Å². The Hall–Kier alpha value is -0.120. The van der Waals surface area contributed by atoms with Crippen LogP contribution in [0.4, 0.5) is 0 Å². The maximum absolute atomic E-state index is 5.94. The van der Waals surface area contributed by atoms with Crippen LogP contribution in [0.5, 0.6) is 0 Å². The average molecular weight is 210 g/mol. The van der Waals surface area contributed by atoms with Crippen molar-refractivity contribution in [2.45, 2.75) is 50.3 Å². The molecule has 0 spiro atoms. The van der Waals surface area contributed by atoms with Crippen molar-refractivity contribution >= 4 is 0 Å². The molecular formula is C12H22N2O. The zero-order valence-corrected chi connectivity index (χ0v) is 9.40. The number of nitrogens with zero attached hydrogens (tertiary/aromatic N) is 1. The number of hydrogen-bond donors (Lipinski definition) is 1. The van der Waals surface area contributed by atoms with Gasteiger partial charge in [-0.05, 0) is 38.0 Å². The molecule has 2 N–H and O–H groups in total. The van der Waals surface area contributed by atoms with Crippen molar-refractivity contribution in [2.75, 3.05) is 19.7 Å². The molecule has 2 unspecified atom stereocenters. The summed E-state index contributed by atoms with van der Waals surface area (Å²) in [5.74, 6) is 0.882. The first-order valence-corrected chi connectivity index (χ1v) is 6.46. The van der Waals surface area contributed by atoms with E-state index in [-0.39, 0.29) is 0 Å². The molecule has 3 heteroatoms. The largest absolute Gasteiger partial charge is 0.376 e. The minimum atomic E-state index is 0.447. The van der Waals surface area contributed by atoms with Crippen molar-refractivity contribution in [1.82, 2.24) is 4.90 Å². The minimum absolute atomic E-state index is 0.447. The number of ether oxygens (including phenoxy) is 1. The molecule has 3 aliphatic rings. The van der Waals surface area contributed by atoms with Crippen LogP contribution in [-0.2, 0) is 4.74 Å². The molecule has 2 atom stereocenters. The molecule has 0 bridgehead atoms. The fraction of sp³-hybridized carbons (Fsp3) is 1.00. The third-order valence-corrected chi connectivity index (χ3v) is 4.23. The van der Waals surface area contributed by atoms with Crippen molar-refractivity contribution in [2.24, 2.45) is 11.7 Å². The summed E-state index contributed by atoms with van der Waals surface area (Å²) < 4.78 is 5.90. The van der Waals surface area contributed by atoms with E-state index in [1.807, 2.05) is 0 Å². The molecule has 3 fully saturated rings. The summed E-state index contributed by atoms with van der Waals surface area (Å²) in [6.45, 7) is 3.37. The normalized spacial score (nSPS) is 39.8. The lowest BCUT2D eigenvalue weighted by Gasteiger charge is -2.36. The number of hydrogen-bond acceptors (Lipinski definition) is 3. The maximum atomic E-state index is 5.94. The summed E-state index contributed by atoms with van der Waals surface area (Å²) in [7, 11) is 0. The zero-order chi connectivity index (χ0) is 10.3. The van der Waals surface area contributed by atoms with Gasteiger partial charge in [0.2, 0.25) is 0 Å². The van der Waals surface area contributed by atoms with E-state index in [9.17, 15) is 0 Å². The smallest absolute Gasteiger partial charge is 0.0759 e. The summed E-state index contributed by atoms with van der Waals surface area (Å²) in [6, 6.07) is 1.16. The van der Waals surface area contributed by atoms with Gasteiger partial charge in [-0.1, -0.05) is 0 Å². The van der Waals surface area contributed by atoms with Gasteiger partial charge in [-0.2, -0.15) is 0 Å². The van der Waals surface area contributed by atoms with Crippen molar-refractivity contribution in [1.29, 1.82) is 0 Å². The topological polar surface area (TPSA) is 38.5 Å². The Morgan fingerprint density at radius 2 is 1.73 bits per heavy atom. The maximum Gasteiger partial charge on any atom is 0.0759 e. The second kappa shape index (κ2) is 4.04. The van der Waals surface area contributed by atoms with Gasteiger partial charge in [0.25, 0.3) is 0 Å². The van der Waals surface area contributed by atoms with Crippen LogP contribution in [0, 0.1) is 5.92 Å². The van der Waals surface area contributed by atoms with Crippen LogP contribution < -0.4 is 5.73 Å². The summed E-state index contributed by atoms with van der Waals surface area (Å²) in [5, 5.41) is 0. The number of piperidine rings is 1. The fourth-order valence-corrected chi connectivity index (χ4v) is 3.12. The summed E-state index contributed by atoms with van der Waals surface area (Å²) in [6.07, 6.45) is 6.95. The SMILES string of the molecule is NC1CCN(C2CCOC2C2CC2)CC1. The molecule has 0 aromatic rings. The average Bonchev–Trinajstić information content (AvgIpc) is 2.98. The first kappa shape index (κ1) is 10.1. The minimum Gasteiger partial charge on any atom is -0.376 e. The Morgan fingerprint density at radius 3 is 2.40 bits per heavy atom. The Kier molecular flexibility index (Phi) is 2.71. The zero-order valence-electron chi connectivity index (χ0n) is 9.40. The highest BCUT2D eigenvalue weighted by Crippen LogP contribution is 2.40. The highest BCUT2D eigenvalue weighted by molar-refractivity contribution is 4.95. The van der Waals surface area contributed by atoms with Crippen molar-refractivity contribution < 1.29 is 4.74 Å². The van der Waals surface area contributed by atoms with Crippen LogP contribution in [-0.4, -0.2) is 42.8 Å². The van der Waals surface area contributed by atoms with E-state index >= 15 is 0 Å². The van der Waals surface area contributed by atoms with Gasteiger partial charge in [-0.25, -0.2) is 0 Å². The molecule has 0 aromatic heterocycles. The molecule has 15 heavy (non-hydrogen) atoms. The highest BCUT2D eigenvalue weighted by atomic mass is 16.5. The molecule has 3 rings (SSSR count). The van der Waals surface area contributed by atoms with Crippen molar-refractivity contribution in [3.63, 3.8) is 0 Å². The molecule has 1 saturated carbocycles. The number of rotatable bonds is 2. The van der Waals surface area contributed by atoms with E-state index in [4.69, 9.17) is 10.5 Å². The first-order valence-electron chi connectivity index (χ1n) is 6.46. The summed E-state index contributed by atoms with van der Waals surface area (Å²) in [4.78, 5) is 2.64. The predicted octanol–water partition coefficient (Wildman–Crippen LogP) is 0.977. The van der Waals surface area contributed by atoms with Crippen LogP contribution in [0.15, 0.2) is 0 Å². The van der Waals surface area contributed by atoms with Crippen LogP contribution in [0.1, 0.15) is 32.1 Å². The molecule has 3 nitrogen and oxygen atoms in total. The Labute approximate surface area is 91.9 Å². The van der Waals surface area contributed by atoms with E-state index < -0.39 is 0 Å². The molecule has 0 radical (unpaired) electrons. The van der Waals surface area contributed by atoms with Gasteiger partial charge in [0.15, 0.2) is 0 Å². The lowest BCUT2D eigenvalue weighted by Crippen LogP contribution is -2.48. The molecule has 86 valence electrons. The van der Waals surface area contributed by atoms with Gasteiger partial charge in [-0.15, -0.1) is 0 Å². The van der Waals surface area contributed by atoms with Gasteiger partial charge in [0.05, 0.1) is 6.10 Å². The quantitative estimate of drug-likeness (QED) is 0.738. The molecule has 2 saturated heterocycles. The lowest BCUT2D eigenvalue weighted by atomic mass is 9.99. The predicted molar refractivity (Wildman–Crippen MR) is 59.7 cm³/mol. The monoisotopic (exact) mass is 210 g/mol. The Balaban J connectivity index is 1.60. The van der Waals surface area contributed by atoms with Crippen LogP contribution in [0.25, 0.3) is 0 Å². The van der Waals surface area contributed by atoms with E-state index in [2.05, 4.69) is 4.90 Å². The van der Waals surface area contributed by atoms with Crippen LogP contribution in [0.3, 0.4) is 0 Å². The van der Waals surface area contributed by atoms with E-state index in [1.165, 1.54) is 45.2 Å². The highest BCUT2D eigenvalue weighted by Gasteiger charge is 2.43. The summed E-state index contributed by atoms with van der Waals surface area (Å²) >= 11 is 0. The second-order valence-electron chi connectivity index (χ2n) is 5.40. The van der Waals surface area contributed by atoms with Gasteiger partial charge in [0, 0.05) is 31.8 Å². The standard InChI is InChI=1S/C12H22N2O/c13-10-3-6-14(7-4-10)11-5-8-15-12(11)9-1-2-9/h9-12H,1-8,13H2. The third-order valence-electron chi connectivity index (χ3n) is 4.23. The molecule has 0 amide bonds. The van der Waals surface area contributed by atoms with Gasteiger partial charge in [-0.3, -0.25) is 4.90 Å². The lowest BCUT2D eigenvalue weighted by molar-refractivity contribution is 0.0373. The third kappa shape index (κ3) is 2.05. The molecule has 2 heterocycles. The van der Waals surface area contributed by atoms with E-state index in [1.54, 1.807) is 0 Å². The summed E-state index contributed by atoms with van der Waals surface area (Å²) in [5.41, 5.74) is 5.94. The Morgan fingerprint density at radius 1 is 1.00 bits per heavy atom. The van der Waals surface area contributed by atoms with Crippen molar-refractivity contribution in [3.8, 4) is 0 Å². The Bertz CT molecular complexity index is 222. The van der Waals surface area contributed by atoms with Gasteiger partial charge in [0.1, 0.15) is 0 Å². The second-order valence-corrected chi connectivity index (χ2v) is 5.40. The fourth-order valence-electron chi connectivity index (χ4n) is 3.12. The number of nitrogens with two attached hydrogens (primary N) is 1. The van der Waals surface area contributed by atoms with Gasteiger partial charge >= 0.3 is 0 Å². The van der Waals surface area contributed by atoms with Crippen LogP contribution >= 0.6 is 0 Å². The van der Waals surface area contributed by atoms with E-state index in [0.29, 0.717) is 18.2 Å². The number of likely N-dealkylation sites (tertiary alicyclic amines) is 1. The molecule has 1 aliphatic carbocycles. The first-order chi connectivity index (χ1) is 7.34.